The van der Waals surface area contributed by atoms with E-state index in [-0.39, 0.29) is 79.0 Å². The number of carboxylic acid groups (broad SMARTS) is 1. The Bertz CT molecular complexity index is 387. The largest absolute Gasteiger partial charge is 1.00 e. The monoisotopic (exact) mass is 435 g/mol. The summed E-state index contributed by atoms with van der Waals surface area (Å²) in [7, 11) is 0. The van der Waals surface area contributed by atoms with E-state index in [1.165, 1.54) is 6.42 Å². The van der Waals surface area contributed by atoms with Gasteiger partial charge in [0.15, 0.2) is 0 Å². The smallest absolute Gasteiger partial charge is 0.870 e. The molecule has 0 spiro atoms. The first-order valence-corrected chi connectivity index (χ1v) is 9.49. The van der Waals surface area contributed by atoms with Crippen LogP contribution in [0.3, 0.4) is 0 Å². The quantitative estimate of drug-likeness (QED) is 0.501. The zero-order valence-electron chi connectivity index (χ0n) is 15.3. The van der Waals surface area contributed by atoms with Gasteiger partial charge in [-0.05, 0) is 37.5 Å². The number of aliphatic hydroxyl groups is 2. The van der Waals surface area contributed by atoms with Crippen LogP contribution >= 0.6 is 13.5 Å². The van der Waals surface area contributed by atoms with E-state index in [9.17, 15) is 15.0 Å². The maximum Gasteiger partial charge on any atom is 1.00 e. The molecule has 0 bridgehead atoms. The van der Waals surface area contributed by atoms with Gasteiger partial charge >= 0.3 is 35.5 Å². The molecule has 0 heterocycles. The Balaban J connectivity index is -0.000000154. The molecule has 148 valence electrons. The second-order valence-electron chi connectivity index (χ2n) is 6.18. The number of nitrogens with zero attached hydrogens (tertiary/aromatic N) is 1. The fraction of sp³-hybridized carbons (Fsp3) is 0.875. The number of nitriles is 1. The topological polar surface area (TPSA) is 132 Å². The molecule has 0 saturated heterocycles. The first-order chi connectivity index (χ1) is 11.0. The van der Waals surface area contributed by atoms with Crippen LogP contribution < -0.4 is 29.6 Å². The van der Waals surface area contributed by atoms with Gasteiger partial charge in [-0.15, -0.1) is 0 Å². The van der Waals surface area contributed by atoms with Crippen molar-refractivity contribution in [3.05, 3.63) is 0 Å². The Morgan fingerprint density at radius 2 is 1.35 bits per heavy atom. The van der Waals surface area contributed by atoms with Crippen molar-refractivity contribution in [1.82, 2.24) is 0 Å². The van der Waals surface area contributed by atoms with Gasteiger partial charge in [0.25, 0.3) is 0 Å². The number of aliphatic carboxylic acids is 1. The summed E-state index contributed by atoms with van der Waals surface area (Å²) in [4.78, 5) is 10.3. The molecule has 0 amide bonds. The van der Waals surface area contributed by atoms with Gasteiger partial charge in [0.05, 0.1) is 24.7 Å². The van der Waals surface area contributed by atoms with Gasteiger partial charge in [0.2, 0.25) is 0 Å². The third-order valence-corrected chi connectivity index (χ3v) is 4.53. The van der Waals surface area contributed by atoms with Gasteiger partial charge in [0.1, 0.15) is 0 Å². The van der Waals surface area contributed by atoms with Crippen LogP contribution in [0.2, 0.25) is 0 Å². The second kappa shape index (κ2) is 21.9. The summed E-state index contributed by atoms with van der Waals surface area (Å²) in [6.45, 7) is 0. The Kier molecular flexibility index (Phi) is 28.8. The van der Waals surface area contributed by atoms with Crippen molar-refractivity contribution in [3.63, 3.8) is 0 Å². The number of aliphatic hydroxyl groups excluding tert-OH is 2. The van der Waals surface area contributed by atoms with E-state index in [0.29, 0.717) is 6.42 Å². The summed E-state index contributed by atoms with van der Waals surface area (Å²) in [5.74, 6) is -0.532. The normalized spacial score (nSPS) is 26.3. The van der Waals surface area contributed by atoms with Crippen molar-refractivity contribution in [2.45, 2.75) is 76.4 Å². The van der Waals surface area contributed by atoms with Crippen LogP contribution in [0, 0.1) is 23.2 Å². The molecule has 0 unspecified atom stereocenters. The molecule has 0 aromatic carbocycles. The van der Waals surface area contributed by atoms with Crippen LogP contribution in [0.15, 0.2) is 0 Å². The first kappa shape index (κ1) is 34.2. The third-order valence-electron chi connectivity index (χ3n) is 4.53. The predicted octanol–water partition coefficient (Wildman–Crippen LogP) is -0.601. The number of hydrogen-bond donors (Lipinski definition) is 3. The van der Waals surface area contributed by atoms with Gasteiger partial charge in [0, 0.05) is 28.8 Å². The summed E-state index contributed by atoms with van der Waals surface area (Å²) in [6.07, 6.45) is 8.07. The molecule has 2 aliphatic rings. The second-order valence-corrected chi connectivity index (χ2v) is 6.18. The molecule has 2 saturated carbocycles. The molecule has 0 radical (unpaired) electrons. The molecule has 0 aromatic heterocycles. The molecule has 4 atom stereocenters. The number of carbonyl (C=O) groups is 1. The fourth-order valence-corrected chi connectivity index (χ4v) is 3.19. The van der Waals surface area contributed by atoms with E-state index in [0.717, 1.165) is 44.9 Å². The number of rotatable bonds is 3. The number of hydrogen-bond acceptors (Lipinski definition) is 7. The SMILES string of the molecule is N#CC[C@@H]1CCCC[C@H]1O.O=C(O)C[C@@H]1CCCC[C@H]1O.S.S=S.[Na+].[OH-]. The molecule has 2 fully saturated rings. The maximum absolute atomic E-state index is 10.3. The van der Waals surface area contributed by atoms with E-state index in [1.54, 1.807) is 0 Å². The molecule has 6 nitrogen and oxygen atoms in total. The van der Waals surface area contributed by atoms with Crippen molar-refractivity contribution in [3.8, 4) is 6.07 Å². The number of carboxylic acids is 1. The molecular formula is C16H30NNaO5S3. The zero-order chi connectivity index (χ0) is 17.7. The van der Waals surface area contributed by atoms with Crippen LogP contribution in [0.25, 0.3) is 0 Å². The van der Waals surface area contributed by atoms with Crippen LogP contribution in [-0.4, -0.2) is 39.0 Å². The van der Waals surface area contributed by atoms with E-state index < -0.39 is 5.97 Å². The van der Waals surface area contributed by atoms with Crippen molar-refractivity contribution in [2.24, 2.45) is 11.8 Å². The van der Waals surface area contributed by atoms with Gasteiger partial charge in [-0.25, -0.2) is 0 Å². The minimum Gasteiger partial charge on any atom is -0.870 e. The Labute approximate surface area is 195 Å². The fourth-order valence-electron chi connectivity index (χ4n) is 3.19. The maximum atomic E-state index is 10.3. The molecule has 2 rings (SSSR count). The minimum absolute atomic E-state index is 0. The summed E-state index contributed by atoms with van der Waals surface area (Å²) in [5.41, 5.74) is 0. The van der Waals surface area contributed by atoms with Crippen molar-refractivity contribution in [2.75, 3.05) is 0 Å². The first-order valence-electron chi connectivity index (χ1n) is 8.16. The molecule has 2 aliphatic carbocycles. The Hall–Kier alpha value is 0.630. The standard InChI is InChI=1S/C8H13NO.C8H14O3.Na.H2O.S2.H2S/c9-6-5-7-3-1-2-4-8(7)10;9-7-4-2-1-3-6(7)5-8(10)11;;;1-2;/h7-8,10H,1-5H2;6-7,9H,1-5H2,(H,10,11);;1H2;;1H2/q;;+1;;;/p-1/t7-,8+;6-,7+;;;;/m00..../s1. The Morgan fingerprint density at radius 1 is 0.962 bits per heavy atom. The summed E-state index contributed by atoms with van der Waals surface area (Å²) in [5, 5.41) is 35.6. The summed E-state index contributed by atoms with van der Waals surface area (Å²) < 4.78 is 0. The van der Waals surface area contributed by atoms with Crippen molar-refractivity contribution in [1.29, 1.82) is 5.26 Å². The van der Waals surface area contributed by atoms with Gasteiger partial charge < -0.3 is 20.8 Å². The van der Waals surface area contributed by atoms with E-state index in [1.807, 2.05) is 0 Å². The molecule has 0 aliphatic heterocycles. The molecular weight excluding hydrogens is 405 g/mol. The van der Waals surface area contributed by atoms with E-state index >= 15 is 0 Å². The van der Waals surface area contributed by atoms with E-state index in [2.05, 4.69) is 28.4 Å². The van der Waals surface area contributed by atoms with Crippen LogP contribution in [0.5, 0.6) is 0 Å². The van der Waals surface area contributed by atoms with Crippen molar-refractivity contribution >= 4 is 41.8 Å². The zero-order valence-corrected chi connectivity index (χ0v) is 20.0. The van der Waals surface area contributed by atoms with Crippen molar-refractivity contribution < 1.29 is 55.1 Å². The third kappa shape index (κ3) is 15.7. The predicted molar refractivity (Wildman–Crippen MR) is 105 cm³/mol. The molecule has 4 N–H and O–H groups in total. The average molecular weight is 436 g/mol. The molecule has 10 heteroatoms. The molecule has 26 heavy (non-hydrogen) atoms. The Morgan fingerprint density at radius 3 is 1.69 bits per heavy atom. The van der Waals surface area contributed by atoms with Gasteiger partial charge in [-0.2, -0.15) is 18.8 Å². The van der Waals surface area contributed by atoms with E-state index in [4.69, 9.17) is 10.4 Å². The van der Waals surface area contributed by atoms with Crippen LogP contribution in [0.4, 0.5) is 0 Å². The van der Waals surface area contributed by atoms with Crippen LogP contribution in [0.1, 0.15) is 64.2 Å². The molecule has 0 aromatic rings. The average Bonchev–Trinajstić information content (AvgIpc) is 2.54. The summed E-state index contributed by atoms with van der Waals surface area (Å²) >= 11 is 7.33. The summed E-state index contributed by atoms with van der Waals surface area (Å²) in [6, 6.07) is 2.11. The van der Waals surface area contributed by atoms with Gasteiger partial charge in [-0.3, -0.25) is 4.79 Å². The van der Waals surface area contributed by atoms with Crippen LogP contribution in [-0.2, 0) is 27.2 Å². The minimum atomic E-state index is -0.795. The van der Waals surface area contributed by atoms with Gasteiger partial charge in [-0.1, -0.05) is 25.7 Å².